The van der Waals surface area contributed by atoms with E-state index in [2.05, 4.69) is 0 Å². The molecule has 0 radical (unpaired) electrons. The van der Waals surface area contributed by atoms with Crippen molar-refractivity contribution in [2.24, 2.45) is 11.5 Å². The van der Waals surface area contributed by atoms with E-state index in [0.717, 1.165) is 0 Å². The molecule has 0 bridgehead atoms. The summed E-state index contributed by atoms with van der Waals surface area (Å²) in [6.07, 6.45) is 0.703. The lowest BCUT2D eigenvalue weighted by molar-refractivity contribution is 0.247. The molecule has 0 unspecified atom stereocenters. The van der Waals surface area contributed by atoms with Crippen molar-refractivity contribution in [1.29, 1.82) is 10.8 Å². The van der Waals surface area contributed by atoms with Crippen LogP contribution in [0.3, 0.4) is 0 Å². The van der Waals surface area contributed by atoms with Crippen LogP contribution >= 0.6 is 24.8 Å². The van der Waals surface area contributed by atoms with E-state index >= 15 is 0 Å². The van der Waals surface area contributed by atoms with E-state index in [9.17, 15) is 0 Å². The van der Waals surface area contributed by atoms with Crippen LogP contribution in [-0.4, -0.2) is 24.9 Å². The average Bonchev–Trinajstić information content (AvgIpc) is 2.55. The number of nitrogen functional groups attached to an aromatic ring is 2. The van der Waals surface area contributed by atoms with Crippen LogP contribution in [0, 0.1) is 10.8 Å². The number of ether oxygens (including phenoxy) is 2. The monoisotopic (exact) mass is 384 g/mol. The van der Waals surface area contributed by atoms with E-state index in [4.69, 9.17) is 31.8 Å². The molecule has 0 spiro atoms. The highest BCUT2D eigenvalue weighted by Crippen LogP contribution is 2.15. The Morgan fingerprint density at radius 2 is 1.16 bits per heavy atom. The number of benzene rings is 2. The van der Waals surface area contributed by atoms with Crippen LogP contribution in [0.15, 0.2) is 48.5 Å². The molecule has 0 amide bonds. The number of hydrogen-bond donors (Lipinski definition) is 4. The number of amidine groups is 2. The number of rotatable bonds is 8. The summed E-state index contributed by atoms with van der Waals surface area (Å²) in [5.41, 5.74) is 12.2. The van der Waals surface area contributed by atoms with E-state index in [1.165, 1.54) is 0 Å². The average molecular weight is 385 g/mol. The van der Waals surface area contributed by atoms with E-state index in [-0.39, 0.29) is 36.5 Å². The van der Waals surface area contributed by atoms with Gasteiger partial charge in [-0.3, -0.25) is 10.8 Å². The van der Waals surface area contributed by atoms with Crippen molar-refractivity contribution >= 4 is 36.5 Å². The summed E-state index contributed by atoms with van der Waals surface area (Å²) in [5, 5.41) is 14.8. The van der Waals surface area contributed by atoms with Gasteiger partial charge in [0.25, 0.3) is 0 Å². The second-order valence-electron chi connectivity index (χ2n) is 4.93. The molecule has 0 aliphatic rings. The van der Waals surface area contributed by atoms with Crippen molar-refractivity contribution in [3.05, 3.63) is 59.7 Å². The van der Waals surface area contributed by atoms with Gasteiger partial charge in [0, 0.05) is 17.5 Å². The highest BCUT2D eigenvalue weighted by Gasteiger charge is 2.01. The molecule has 0 atom stereocenters. The van der Waals surface area contributed by atoms with Crippen molar-refractivity contribution in [3.63, 3.8) is 0 Å². The van der Waals surface area contributed by atoms with Gasteiger partial charge in [0.1, 0.15) is 23.2 Å². The summed E-state index contributed by atoms with van der Waals surface area (Å²) < 4.78 is 11.2. The third kappa shape index (κ3) is 7.32. The zero-order valence-corrected chi connectivity index (χ0v) is 15.2. The highest BCUT2D eigenvalue weighted by molar-refractivity contribution is 5.95. The van der Waals surface area contributed by atoms with Crippen molar-refractivity contribution in [2.45, 2.75) is 6.42 Å². The second kappa shape index (κ2) is 11.2. The molecule has 0 aliphatic carbocycles. The Morgan fingerprint density at radius 3 is 1.52 bits per heavy atom. The molecule has 136 valence electrons. The van der Waals surface area contributed by atoms with Crippen LogP contribution in [0.25, 0.3) is 0 Å². The fourth-order valence-corrected chi connectivity index (χ4v) is 1.95. The number of halogens is 2. The first-order valence-corrected chi connectivity index (χ1v) is 7.21. The van der Waals surface area contributed by atoms with Gasteiger partial charge in [-0.05, 0) is 24.3 Å². The van der Waals surface area contributed by atoms with Gasteiger partial charge in [-0.1, -0.05) is 24.3 Å². The minimum absolute atomic E-state index is 0. The molecule has 0 aromatic heterocycles. The lowest BCUT2D eigenvalue weighted by atomic mass is 10.2. The molecule has 6 N–H and O–H groups in total. The van der Waals surface area contributed by atoms with Crippen molar-refractivity contribution in [1.82, 2.24) is 0 Å². The molecule has 25 heavy (non-hydrogen) atoms. The Kier molecular flexibility index (Phi) is 10.1. The molecule has 6 nitrogen and oxygen atoms in total. The maximum Gasteiger partial charge on any atom is 0.122 e. The number of hydrogen-bond acceptors (Lipinski definition) is 4. The molecular weight excluding hydrogens is 363 g/mol. The van der Waals surface area contributed by atoms with E-state index < -0.39 is 0 Å². The maximum absolute atomic E-state index is 7.40. The molecule has 0 fully saturated rings. The summed E-state index contributed by atoms with van der Waals surface area (Å²) in [6.45, 7) is 0.988. The molecule has 8 heteroatoms. The first kappa shape index (κ1) is 22.6. The lowest BCUT2D eigenvalue weighted by Crippen LogP contribution is -2.12. The van der Waals surface area contributed by atoms with Gasteiger partial charge in [0.15, 0.2) is 0 Å². The Hall–Kier alpha value is -2.44. The Bertz CT molecular complexity index is 651. The molecule has 2 rings (SSSR count). The molecule has 0 heterocycles. The van der Waals surface area contributed by atoms with Crippen LogP contribution in [-0.2, 0) is 0 Å². The highest BCUT2D eigenvalue weighted by atomic mass is 35.5. The minimum atomic E-state index is 0. The fraction of sp³-hybridized carbons (Fsp3) is 0.176. The first-order valence-electron chi connectivity index (χ1n) is 7.21. The second-order valence-corrected chi connectivity index (χ2v) is 4.93. The Morgan fingerprint density at radius 1 is 0.760 bits per heavy atom. The molecule has 0 saturated heterocycles. The SMILES string of the molecule is Cl.Cl.N=C(N)c1cccc(OCCCOc2cccc(C(=N)N)c2)c1. The van der Waals surface area contributed by atoms with Crippen LogP contribution < -0.4 is 20.9 Å². The predicted molar refractivity (Wildman–Crippen MR) is 105 cm³/mol. The molecule has 0 saturated carbocycles. The van der Waals surface area contributed by atoms with E-state index in [1.807, 2.05) is 12.1 Å². The van der Waals surface area contributed by atoms with Gasteiger partial charge < -0.3 is 20.9 Å². The summed E-state index contributed by atoms with van der Waals surface area (Å²) in [6, 6.07) is 14.2. The molecule has 2 aromatic carbocycles. The third-order valence-electron chi connectivity index (χ3n) is 3.12. The third-order valence-corrected chi connectivity index (χ3v) is 3.12. The van der Waals surface area contributed by atoms with Crippen LogP contribution in [0.4, 0.5) is 0 Å². The van der Waals surface area contributed by atoms with Crippen molar-refractivity contribution in [3.8, 4) is 11.5 Å². The van der Waals surface area contributed by atoms with Crippen LogP contribution in [0.2, 0.25) is 0 Å². The smallest absolute Gasteiger partial charge is 0.122 e. The van der Waals surface area contributed by atoms with Gasteiger partial charge in [-0.2, -0.15) is 0 Å². The zero-order valence-electron chi connectivity index (χ0n) is 13.5. The van der Waals surface area contributed by atoms with Gasteiger partial charge >= 0.3 is 0 Å². The fourth-order valence-electron chi connectivity index (χ4n) is 1.95. The van der Waals surface area contributed by atoms with Crippen LogP contribution in [0.1, 0.15) is 17.5 Å². The molecule has 0 aliphatic heterocycles. The Balaban J connectivity index is 0.00000288. The van der Waals surface area contributed by atoms with E-state index in [0.29, 0.717) is 42.3 Å². The first-order chi connectivity index (χ1) is 11.1. The Labute approximate surface area is 159 Å². The topological polar surface area (TPSA) is 118 Å². The van der Waals surface area contributed by atoms with Gasteiger partial charge in [0.2, 0.25) is 0 Å². The van der Waals surface area contributed by atoms with Gasteiger partial charge in [-0.15, -0.1) is 24.8 Å². The quantitative estimate of drug-likeness (QED) is 0.317. The number of nitrogens with two attached hydrogens (primary N) is 2. The standard InChI is InChI=1S/C17H20N4O2.2ClH/c18-16(19)12-4-1-6-14(10-12)22-8-3-9-23-15-7-2-5-13(11-15)17(20)21;;/h1-2,4-7,10-11H,3,8-9H2,(H3,18,19)(H3,20,21);2*1H. The van der Waals surface area contributed by atoms with E-state index in [1.54, 1.807) is 36.4 Å². The molecule has 2 aromatic rings. The van der Waals surface area contributed by atoms with Gasteiger partial charge in [-0.25, -0.2) is 0 Å². The van der Waals surface area contributed by atoms with Gasteiger partial charge in [0.05, 0.1) is 13.2 Å². The molecular formula is C17H22Cl2N4O2. The van der Waals surface area contributed by atoms with Crippen molar-refractivity contribution in [2.75, 3.05) is 13.2 Å². The maximum atomic E-state index is 7.40. The largest absolute Gasteiger partial charge is 0.493 e. The summed E-state index contributed by atoms with van der Waals surface area (Å²) in [4.78, 5) is 0. The minimum Gasteiger partial charge on any atom is -0.493 e. The number of nitrogens with one attached hydrogen (secondary N) is 2. The van der Waals surface area contributed by atoms with Crippen molar-refractivity contribution < 1.29 is 9.47 Å². The summed E-state index contributed by atoms with van der Waals surface area (Å²) in [7, 11) is 0. The zero-order chi connectivity index (χ0) is 16.7. The summed E-state index contributed by atoms with van der Waals surface area (Å²) in [5.74, 6) is 1.39. The predicted octanol–water partition coefficient (Wildman–Crippen LogP) is 2.95. The summed E-state index contributed by atoms with van der Waals surface area (Å²) >= 11 is 0. The lowest BCUT2D eigenvalue weighted by Gasteiger charge is -2.09. The normalized spacial score (nSPS) is 9.28. The van der Waals surface area contributed by atoms with Crippen LogP contribution in [0.5, 0.6) is 11.5 Å².